The van der Waals surface area contributed by atoms with Crippen molar-refractivity contribution in [3.8, 4) is 11.1 Å². The molecular formula is C58H46N2S2. The number of fused-ring (bicyclic) bond motifs is 7. The first-order valence-corrected chi connectivity index (χ1v) is 23.1. The number of nitrogens with zero attached hydrogens (tertiary/aromatic N) is 2. The van der Waals surface area contributed by atoms with Crippen molar-refractivity contribution in [2.75, 3.05) is 9.80 Å². The minimum absolute atomic E-state index is 1.09. The summed E-state index contributed by atoms with van der Waals surface area (Å²) < 4.78 is 5.15. The van der Waals surface area contributed by atoms with E-state index in [2.05, 4.69) is 230 Å². The summed E-state index contributed by atoms with van der Waals surface area (Å²) in [4.78, 5) is 4.87. The van der Waals surface area contributed by atoms with Crippen molar-refractivity contribution in [1.82, 2.24) is 0 Å². The van der Waals surface area contributed by atoms with Gasteiger partial charge >= 0.3 is 0 Å². The highest BCUT2D eigenvalue weighted by molar-refractivity contribution is 7.26. The minimum atomic E-state index is 1.09. The molecule has 0 aliphatic carbocycles. The topological polar surface area (TPSA) is 6.48 Å². The predicted molar refractivity (Wildman–Crippen MR) is 275 cm³/mol. The number of para-hydroxylation sites is 2. The van der Waals surface area contributed by atoms with E-state index in [4.69, 9.17) is 0 Å². The number of allylic oxidation sites excluding steroid dienone is 1. The summed E-state index contributed by atoms with van der Waals surface area (Å²) in [7, 11) is 0. The number of hydrogen-bond acceptors (Lipinski definition) is 4. The average Bonchev–Trinajstić information content (AvgIpc) is 3.89. The molecule has 0 atom stereocenters. The second-order valence-corrected chi connectivity index (χ2v) is 17.5. The molecule has 11 aromatic rings. The number of rotatable bonds is 8. The molecule has 0 aliphatic rings. The first kappa shape index (κ1) is 39.2. The summed E-state index contributed by atoms with van der Waals surface area (Å²) in [5.41, 5.74) is 11.6. The molecule has 2 nitrogen and oxygen atoms in total. The van der Waals surface area contributed by atoms with E-state index in [1.54, 1.807) is 0 Å². The zero-order valence-electron chi connectivity index (χ0n) is 35.3. The van der Waals surface area contributed by atoms with Crippen molar-refractivity contribution >= 4 is 114 Å². The second kappa shape index (κ2) is 16.8. The number of benzene rings is 9. The van der Waals surface area contributed by atoms with Gasteiger partial charge in [-0.15, -0.1) is 22.7 Å². The van der Waals surface area contributed by atoms with Crippen LogP contribution in [0.1, 0.15) is 31.9 Å². The molecule has 0 fully saturated rings. The van der Waals surface area contributed by atoms with Gasteiger partial charge in [0.15, 0.2) is 0 Å². The van der Waals surface area contributed by atoms with Crippen molar-refractivity contribution in [3.63, 3.8) is 0 Å². The van der Waals surface area contributed by atoms with Gasteiger partial charge in [0.05, 0.1) is 10.4 Å². The Morgan fingerprint density at radius 3 is 1.71 bits per heavy atom. The summed E-state index contributed by atoms with van der Waals surface area (Å²) in [6.07, 6.45) is 4.33. The van der Waals surface area contributed by atoms with Gasteiger partial charge in [-0.05, 0) is 138 Å². The molecule has 0 unspecified atom stereocenters. The molecule has 0 aliphatic heterocycles. The van der Waals surface area contributed by atoms with Crippen LogP contribution in [-0.4, -0.2) is 0 Å². The van der Waals surface area contributed by atoms with Crippen LogP contribution in [0.3, 0.4) is 0 Å². The lowest BCUT2D eigenvalue weighted by atomic mass is 10.00. The number of anilines is 6. The Labute approximate surface area is 371 Å². The molecular weight excluding hydrogens is 789 g/mol. The van der Waals surface area contributed by atoms with Gasteiger partial charge in [0.1, 0.15) is 0 Å². The van der Waals surface area contributed by atoms with E-state index in [1.807, 2.05) is 36.5 Å². The molecule has 0 saturated carbocycles. The van der Waals surface area contributed by atoms with E-state index in [0.29, 0.717) is 0 Å². The highest BCUT2D eigenvalue weighted by Gasteiger charge is 2.23. The van der Waals surface area contributed by atoms with Gasteiger partial charge in [0.25, 0.3) is 0 Å². The summed E-state index contributed by atoms with van der Waals surface area (Å²) in [6, 6.07) is 71.5. The highest BCUT2D eigenvalue weighted by atomic mass is 32.1. The van der Waals surface area contributed by atoms with Crippen LogP contribution < -0.4 is 9.80 Å². The second-order valence-electron chi connectivity index (χ2n) is 15.4. The summed E-state index contributed by atoms with van der Waals surface area (Å²) >= 11 is 3.74. The van der Waals surface area contributed by atoms with Gasteiger partial charge in [0.2, 0.25) is 0 Å². The smallest absolute Gasteiger partial charge is 0.0661 e. The fourth-order valence-corrected chi connectivity index (χ4v) is 11.0. The Balaban J connectivity index is 0.00000226. The molecule has 0 radical (unpaired) electrons. The Bertz CT molecular complexity index is 3410. The highest BCUT2D eigenvalue weighted by Crippen LogP contribution is 2.50. The van der Waals surface area contributed by atoms with Gasteiger partial charge in [0, 0.05) is 64.1 Å². The molecule has 2 aromatic heterocycles. The summed E-state index contributed by atoms with van der Waals surface area (Å²) in [5, 5.41) is 7.55. The Kier molecular flexibility index (Phi) is 10.6. The van der Waals surface area contributed by atoms with Crippen LogP contribution in [0.2, 0.25) is 0 Å². The first-order valence-electron chi connectivity index (χ1n) is 21.4. The van der Waals surface area contributed by atoms with Gasteiger partial charge in [-0.3, -0.25) is 0 Å². The van der Waals surface area contributed by atoms with Gasteiger partial charge < -0.3 is 9.80 Å². The quantitative estimate of drug-likeness (QED) is 0.150. The molecule has 0 saturated heterocycles. The molecule has 300 valence electrons. The Hall–Kier alpha value is -6.98. The SMILES string of the molecule is C/C=C\c1cc(N(c2ccccc2)c2cc(N(c3ccccc3)c3ccc4ccccc4c3)c3sc4ccc(-c5ccc6sc7ccccc7c6c5)cc4c3c2)ccc1C.CC. The third kappa shape index (κ3) is 7.11. The van der Waals surface area contributed by atoms with Crippen LogP contribution in [0.4, 0.5) is 34.1 Å². The van der Waals surface area contributed by atoms with E-state index in [0.717, 1.165) is 34.1 Å². The molecule has 9 aromatic carbocycles. The van der Waals surface area contributed by atoms with Crippen LogP contribution in [0, 0.1) is 6.92 Å². The average molecular weight is 835 g/mol. The lowest BCUT2D eigenvalue weighted by Crippen LogP contribution is -2.13. The van der Waals surface area contributed by atoms with Crippen molar-refractivity contribution in [1.29, 1.82) is 0 Å². The molecule has 0 amide bonds. The van der Waals surface area contributed by atoms with Crippen LogP contribution in [0.5, 0.6) is 0 Å². The normalized spacial score (nSPS) is 11.5. The molecule has 0 N–H and O–H groups in total. The number of hydrogen-bond donors (Lipinski definition) is 0. The third-order valence-corrected chi connectivity index (χ3v) is 14.0. The monoisotopic (exact) mass is 834 g/mol. The molecule has 11 rings (SSSR count). The molecule has 0 bridgehead atoms. The fourth-order valence-electron chi connectivity index (χ4n) is 8.70. The summed E-state index contributed by atoms with van der Waals surface area (Å²) in [5.74, 6) is 0. The maximum absolute atomic E-state index is 2.45. The molecule has 62 heavy (non-hydrogen) atoms. The number of thiophene rings is 2. The van der Waals surface area contributed by atoms with E-state index in [1.165, 1.54) is 73.4 Å². The largest absolute Gasteiger partial charge is 0.310 e. The third-order valence-electron chi connectivity index (χ3n) is 11.6. The maximum atomic E-state index is 2.45. The minimum Gasteiger partial charge on any atom is -0.310 e. The Morgan fingerprint density at radius 2 is 0.984 bits per heavy atom. The maximum Gasteiger partial charge on any atom is 0.0661 e. The lowest BCUT2D eigenvalue weighted by Gasteiger charge is -2.30. The van der Waals surface area contributed by atoms with Crippen molar-refractivity contribution in [2.24, 2.45) is 0 Å². The van der Waals surface area contributed by atoms with E-state index >= 15 is 0 Å². The van der Waals surface area contributed by atoms with Crippen molar-refractivity contribution in [3.05, 3.63) is 211 Å². The Morgan fingerprint density at radius 1 is 0.403 bits per heavy atom. The standard InChI is InChI=1S/C56H40N2S2.C2H6/c1-3-14-39-31-45(27-23-37(39)2)57(43-17-6-4-7-18-43)47-35-51-50-34-42(41-25-29-54-49(33-41)48-21-12-13-22-53(48)59-54)26-30-55(50)60-56(51)52(36-47)58(44-19-8-5-9-20-44)46-28-24-38-15-10-11-16-40(38)32-46;1-2/h3-36H,1-2H3;1-2H3/b14-3-;. The van der Waals surface area contributed by atoms with Crippen LogP contribution in [0.25, 0.3) is 68.3 Å². The van der Waals surface area contributed by atoms with Crippen LogP contribution in [0.15, 0.2) is 200 Å². The van der Waals surface area contributed by atoms with E-state index < -0.39 is 0 Å². The first-order chi connectivity index (χ1) is 30.6. The van der Waals surface area contributed by atoms with Gasteiger partial charge in [-0.1, -0.05) is 129 Å². The lowest BCUT2D eigenvalue weighted by molar-refractivity contribution is 1.26. The fraction of sp³-hybridized carbons (Fsp3) is 0.0690. The van der Waals surface area contributed by atoms with Crippen LogP contribution >= 0.6 is 22.7 Å². The van der Waals surface area contributed by atoms with Gasteiger partial charge in [-0.2, -0.15) is 0 Å². The zero-order chi connectivity index (χ0) is 42.2. The summed E-state index contributed by atoms with van der Waals surface area (Å²) in [6.45, 7) is 8.27. The van der Waals surface area contributed by atoms with Gasteiger partial charge in [-0.25, -0.2) is 0 Å². The molecule has 0 spiro atoms. The van der Waals surface area contributed by atoms with E-state index in [9.17, 15) is 0 Å². The molecule has 2 heterocycles. The van der Waals surface area contributed by atoms with Crippen molar-refractivity contribution in [2.45, 2.75) is 27.7 Å². The zero-order valence-corrected chi connectivity index (χ0v) is 37.0. The van der Waals surface area contributed by atoms with Crippen LogP contribution in [-0.2, 0) is 0 Å². The number of aryl methyl sites for hydroxylation is 1. The predicted octanol–water partition coefficient (Wildman–Crippen LogP) is 18.5. The van der Waals surface area contributed by atoms with E-state index in [-0.39, 0.29) is 0 Å². The molecule has 4 heteroatoms. The van der Waals surface area contributed by atoms with Crippen molar-refractivity contribution < 1.29 is 0 Å².